The van der Waals surface area contributed by atoms with Crippen LogP contribution in [0.5, 0.6) is 11.5 Å². The molecule has 5 rings (SSSR count). The number of amides is 2. The van der Waals surface area contributed by atoms with Gasteiger partial charge < -0.3 is 8.92 Å². The molecule has 0 atom stereocenters. The lowest BCUT2D eigenvalue weighted by Crippen LogP contribution is -2.27. The van der Waals surface area contributed by atoms with Crippen LogP contribution >= 0.6 is 11.8 Å². The van der Waals surface area contributed by atoms with E-state index >= 15 is 0 Å². The van der Waals surface area contributed by atoms with E-state index in [1.165, 1.54) is 55.3 Å². The number of hydrogen-bond acceptors (Lipinski definition) is 9. The molecule has 4 aromatic rings. The molecule has 2 amide bonds. The Morgan fingerprint density at radius 3 is 2.44 bits per heavy atom. The van der Waals surface area contributed by atoms with Gasteiger partial charge in [0.05, 0.1) is 23.5 Å². The number of nitro groups is 1. The molecule has 1 heterocycles. The van der Waals surface area contributed by atoms with Crippen molar-refractivity contribution in [3.05, 3.63) is 111 Å². The molecule has 0 saturated carbocycles. The van der Waals surface area contributed by atoms with Crippen LogP contribution in [-0.2, 0) is 21.5 Å². The first-order chi connectivity index (χ1) is 19.6. The van der Waals surface area contributed by atoms with Crippen molar-refractivity contribution in [2.45, 2.75) is 18.4 Å². The van der Waals surface area contributed by atoms with Gasteiger partial charge in [-0.25, -0.2) is 0 Å². The molecule has 0 radical (unpaired) electrons. The zero-order valence-corrected chi connectivity index (χ0v) is 23.4. The molecule has 4 aromatic carbocycles. The van der Waals surface area contributed by atoms with E-state index in [0.29, 0.717) is 11.1 Å². The normalized spacial score (nSPS) is 14.6. The maximum Gasteiger partial charge on any atom is 0.339 e. The standard InChI is InChI=1S/C29H22N2O8S2/c1-18-7-11-23(16-24(18)31(34)35)41(36,37)39-25-12-9-19(14-26(25)38-2)15-27-28(32)30(29(33)40-27)17-20-8-10-21-5-3-4-6-22(21)13-20/h3-16H,17H2,1-2H3/b27-15-. The van der Waals surface area contributed by atoms with Crippen LogP contribution < -0.4 is 8.92 Å². The molecular weight excluding hydrogens is 568 g/mol. The van der Waals surface area contributed by atoms with Gasteiger partial charge in [0.25, 0.3) is 16.8 Å². The molecule has 0 bridgehead atoms. The summed E-state index contributed by atoms with van der Waals surface area (Å²) in [6.45, 7) is 1.62. The molecule has 10 nitrogen and oxygen atoms in total. The predicted molar refractivity (Wildman–Crippen MR) is 154 cm³/mol. The van der Waals surface area contributed by atoms with Crippen LogP contribution in [0, 0.1) is 17.0 Å². The molecular formula is C29H22N2O8S2. The fourth-order valence-corrected chi connectivity index (χ4v) is 6.06. The summed E-state index contributed by atoms with van der Waals surface area (Å²) in [7, 11) is -3.12. The van der Waals surface area contributed by atoms with E-state index in [-0.39, 0.29) is 33.5 Å². The number of rotatable bonds is 8. The number of carbonyl (C=O) groups is 2. The van der Waals surface area contributed by atoms with Crippen molar-refractivity contribution in [2.24, 2.45) is 0 Å². The molecule has 41 heavy (non-hydrogen) atoms. The number of ether oxygens (including phenoxy) is 1. The summed E-state index contributed by atoms with van der Waals surface area (Å²) in [5.74, 6) is -0.562. The second-order valence-corrected chi connectivity index (χ2v) is 11.6. The van der Waals surface area contributed by atoms with Crippen molar-refractivity contribution in [2.75, 3.05) is 7.11 Å². The second-order valence-electron chi connectivity index (χ2n) is 9.10. The van der Waals surface area contributed by atoms with Crippen LogP contribution in [0.1, 0.15) is 16.7 Å². The Bertz CT molecular complexity index is 1870. The number of hydrogen-bond donors (Lipinski definition) is 0. The van der Waals surface area contributed by atoms with E-state index < -0.39 is 26.2 Å². The van der Waals surface area contributed by atoms with Crippen LogP contribution in [0.15, 0.2) is 88.7 Å². The zero-order chi connectivity index (χ0) is 29.3. The first kappa shape index (κ1) is 27.9. The zero-order valence-electron chi connectivity index (χ0n) is 21.8. The Balaban J connectivity index is 1.36. The third-order valence-corrected chi connectivity index (χ3v) is 8.52. The highest BCUT2D eigenvalue weighted by Crippen LogP contribution is 2.36. The predicted octanol–water partition coefficient (Wildman–Crippen LogP) is 6.07. The van der Waals surface area contributed by atoms with Gasteiger partial charge in [0.15, 0.2) is 11.5 Å². The summed E-state index contributed by atoms with van der Waals surface area (Å²) in [5, 5.41) is 12.9. The van der Waals surface area contributed by atoms with Crippen molar-refractivity contribution < 1.29 is 31.9 Å². The average molecular weight is 591 g/mol. The van der Waals surface area contributed by atoms with Gasteiger partial charge in [0.2, 0.25) is 0 Å². The highest BCUT2D eigenvalue weighted by molar-refractivity contribution is 8.18. The van der Waals surface area contributed by atoms with Crippen LogP contribution in [0.2, 0.25) is 0 Å². The lowest BCUT2D eigenvalue weighted by molar-refractivity contribution is -0.385. The number of imide groups is 1. The van der Waals surface area contributed by atoms with E-state index in [9.17, 15) is 28.1 Å². The van der Waals surface area contributed by atoms with E-state index in [4.69, 9.17) is 8.92 Å². The molecule has 0 unspecified atom stereocenters. The Morgan fingerprint density at radius 1 is 0.951 bits per heavy atom. The minimum Gasteiger partial charge on any atom is -0.493 e. The number of carbonyl (C=O) groups excluding carboxylic acids is 2. The molecule has 0 spiro atoms. The second kappa shape index (κ2) is 11.1. The average Bonchev–Trinajstić information content (AvgIpc) is 3.20. The fraction of sp³-hybridized carbons (Fsp3) is 0.103. The first-order valence-corrected chi connectivity index (χ1v) is 14.4. The number of fused-ring (bicyclic) bond motifs is 1. The van der Waals surface area contributed by atoms with Crippen molar-refractivity contribution >= 4 is 55.6 Å². The third kappa shape index (κ3) is 5.79. The van der Waals surface area contributed by atoms with Gasteiger partial charge in [-0.1, -0.05) is 48.5 Å². The van der Waals surface area contributed by atoms with Gasteiger partial charge in [-0.2, -0.15) is 8.42 Å². The van der Waals surface area contributed by atoms with E-state index in [1.807, 2.05) is 42.5 Å². The summed E-state index contributed by atoms with van der Waals surface area (Å²) in [4.78, 5) is 37.3. The molecule has 1 saturated heterocycles. The van der Waals surface area contributed by atoms with Gasteiger partial charge in [0, 0.05) is 11.6 Å². The summed E-state index contributed by atoms with van der Waals surface area (Å²) in [5.41, 5.74) is 1.23. The fourth-order valence-electron chi connectivity index (χ4n) is 4.26. The highest BCUT2D eigenvalue weighted by Gasteiger charge is 2.35. The summed E-state index contributed by atoms with van der Waals surface area (Å²) < 4.78 is 36.2. The third-order valence-electron chi connectivity index (χ3n) is 6.38. The van der Waals surface area contributed by atoms with E-state index in [0.717, 1.165) is 34.2 Å². The molecule has 1 fully saturated rings. The number of nitrogens with zero attached hydrogens (tertiary/aromatic N) is 2. The van der Waals surface area contributed by atoms with Crippen LogP contribution in [-0.4, -0.2) is 36.5 Å². The Kier molecular flexibility index (Phi) is 7.52. The van der Waals surface area contributed by atoms with Gasteiger partial charge in [-0.3, -0.25) is 24.6 Å². The van der Waals surface area contributed by atoms with Crippen molar-refractivity contribution in [3.63, 3.8) is 0 Å². The quantitative estimate of drug-likeness (QED) is 0.104. The maximum absolute atomic E-state index is 13.1. The molecule has 1 aliphatic rings. The van der Waals surface area contributed by atoms with Crippen molar-refractivity contribution in [1.82, 2.24) is 4.90 Å². The molecule has 12 heteroatoms. The van der Waals surface area contributed by atoms with Crippen molar-refractivity contribution in [3.8, 4) is 11.5 Å². The van der Waals surface area contributed by atoms with Gasteiger partial charge >= 0.3 is 10.1 Å². The smallest absolute Gasteiger partial charge is 0.339 e. The first-order valence-electron chi connectivity index (χ1n) is 12.2. The summed E-state index contributed by atoms with van der Waals surface area (Å²) in [6.07, 6.45) is 1.51. The monoisotopic (exact) mass is 590 g/mol. The van der Waals surface area contributed by atoms with Crippen LogP contribution in [0.4, 0.5) is 10.5 Å². The molecule has 0 N–H and O–H groups in total. The lowest BCUT2D eigenvalue weighted by atomic mass is 10.1. The Labute approximate surface area is 239 Å². The largest absolute Gasteiger partial charge is 0.493 e. The topological polar surface area (TPSA) is 133 Å². The number of aryl methyl sites for hydroxylation is 1. The lowest BCUT2D eigenvalue weighted by Gasteiger charge is -2.13. The number of methoxy groups -OCH3 is 1. The van der Waals surface area contributed by atoms with Gasteiger partial charge in [-0.05, 0) is 70.9 Å². The summed E-state index contributed by atoms with van der Waals surface area (Å²) >= 11 is 0.805. The Hall–Kier alpha value is -4.68. The number of nitro benzene ring substituents is 1. The summed E-state index contributed by atoms with van der Waals surface area (Å²) in [6, 6.07) is 21.3. The molecule has 1 aliphatic heterocycles. The van der Waals surface area contributed by atoms with E-state index in [1.54, 1.807) is 0 Å². The Morgan fingerprint density at radius 2 is 1.71 bits per heavy atom. The van der Waals surface area contributed by atoms with Crippen LogP contribution in [0.25, 0.3) is 16.8 Å². The van der Waals surface area contributed by atoms with Crippen molar-refractivity contribution in [1.29, 1.82) is 0 Å². The molecule has 208 valence electrons. The highest BCUT2D eigenvalue weighted by atomic mass is 32.2. The number of benzene rings is 4. The minimum atomic E-state index is -4.43. The van der Waals surface area contributed by atoms with Crippen LogP contribution in [0.3, 0.4) is 0 Å². The minimum absolute atomic E-state index is 0.0410. The molecule has 0 aliphatic carbocycles. The molecule has 0 aromatic heterocycles. The SMILES string of the molecule is COc1cc(/C=C2\SC(=O)N(Cc3ccc4ccccc4c3)C2=O)ccc1OS(=O)(=O)c1ccc(C)c([N+](=O)[O-])c1. The van der Waals surface area contributed by atoms with Gasteiger partial charge in [-0.15, -0.1) is 0 Å². The van der Waals surface area contributed by atoms with E-state index in [2.05, 4.69) is 0 Å². The maximum atomic E-state index is 13.1. The number of thioether (sulfide) groups is 1. The van der Waals surface area contributed by atoms with Gasteiger partial charge in [0.1, 0.15) is 4.90 Å².